The second kappa shape index (κ2) is 7.20. The standard InChI is InChI=1S/C24H29N3O3/c28-19-7-2-1-6-18(19)25-24-21-17(12-14-9-11-20(21)30-14)22(26-27-24)16-10-8-13-4-3-5-15(13)23(16)29/h8,10,14,18-20,28-29H,1-7,9,11-12H2,(H,25,27)/t14-,18-,19-,20+/m1/s1. The quantitative estimate of drug-likeness (QED) is 0.717. The van der Waals surface area contributed by atoms with Gasteiger partial charge in [0.2, 0.25) is 0 Å². The van der Waals surface area contributed by atoms with Crippen LogP contribution in [0.15, 0.2) is 12.1 Å². The molecule has 6 rings (SSSR count). The molecular formula is C24H29N3O3. The van der Waals surface area contributed by atoms with Crippen LogP contribution in [0.4, 0.5) is 5.82 Å². The van der Waals surface area contributed by atoms with Crippen LogP contribution in [0.5, 0.6) is 5.75 Å². The normalized spacial score (nSPS) is 29.5. The molecule has 2 bridgehead atoms. The number of aromatic nitrogens is 2. The van der Waals surface area contributed by atoms with Gasteiger partial charge in [-0.05, 0) is 67.7 Å². The predicted octanol–water partition coefficient (Wildman–Crippen LogP) is 3.83. The van der Waals surface area contributed by atoms with Gasteiger partial charge in [-0.3, -0.25) is 0 Å². The molecule has 1 aromatic heterocycles. The number of nitrogens with zero attached hydrogens (tertiary/aromatic N) is 2. The van der Waals surface area contributed by atoms with Crippen LogP contribution in [0.1, 0.15) is 73.3 Å². The van der Waals surface area contributed by atoms with Crippen molar-refractivity contribution in [2.75, 3.05) is 5.32 Å². The Hall–Kier alpha value is -2.18. The van der Waals surface area contributed by atoms with Gasteiger partial charge in [0, 0.05) is 17.5 Å². The van der Waals surface area contributed by atoms with Crippen LogP contribution >= 0.6 is 0 Å². The van der Waals surface area contributed by atoms with Crippen molar-refractivity contribution in [3.63, 3.8) is 0 Å². The number of nitrogens with one attached hydrogen (secondary N) is 1. The summed E-state index contributed by atoms with van der Waals surface area (Å²) in [7, 11) is 0. The van der Waals surface area contributed by atoms with Crippen molar-refractivity contribution in [1.82, 2.24) is 10.2 Å². The Kier molecular flexibility index (Phi) is 4.46. The van der Waals surface area contributed by atoms with Gasteiger partial charge in [-0.2, -0.15) is 0 Å². The third-order valence-corrected chi connectivity index (χ3v) is 7.54. The lowest BCUT2D eigenvalue weighted by Crippen LogP contribution is -2.37. The van der Waals surface area contributed by atoms with Gasteiger partial charge >= 0.3 is 0 Å². The Bertz CT molecular complexity index is 992. The number of aryl methyl sites for hydroxylation is 1. The van der Waals surface area contributed by atoms with Crippen molar-refractivity contribution in [2.45, 2.75) is 88.6 Å². The highest BCUT2D eigenvalue weighted by atomic mass is 16.5. The molecule has 0 unspecified atom stereocenters. The van der Waals surface area contributed by atoms with E-state index in [-0.39, 0.29) is 24.4 Å². The maximum absolute atomic E-state index is 11.0. The van der Waals surface area contributed by atoms with Gasteiger partial charge in [-0.25, -0.2) is 0 Å². The third-order valence-electron chi connectivity index (χ3n) is 7.54. The van der Waals surface area contributed by atoms with E-state index in [9.17, 15) is 10.2 Å². The first-order valence-corrected chi connectivity index (χ1v) is 11.5. The highest BCUT2D eigenvalue weighted by Gasteiger charge is 2.39. The van der Waals surface area contributed by atoms with E-state index < -0.39 is 0 Å². The molecule has 1 aromatic carbocycles. The summed E-state index contributed by atoms with van der Waals surface area (Å²) >= 11 is 0. The maximum Gasteiger partial charge on any atom is 0.155 e. The van der Waals surface area contributed by atoms with Crippen molar-refractivity contribution in [3.05, 3.63) is 34.4 Å². The molecule has 6 heteroatoms. The number of aliphatic hydroxyl groups excluding tert-OH is 1. The van der Waals surface area contributed by atoms with E-state index in [2.05, 4.69) is 21.6 Å². The number of aromatic hydroxyl groups is 1. The fraction of sp³-hybridized carbons (Fsp3) is 0.583. The second-order valence-corrected chi connectivity index (χ2v) is 9.37. The lowest BCUT2D eigenvalue weighted by molar-refractivity contribution is 0.0324. The molecule has 6 nitrogen and oxygen atoms in total. The highest BCUT2D eigenvalue weighted by Crippen LogP contribution is 2.48. The summed E-state index contributed by atoms with van der Waals surface area (Å²) in [6.07, 6.45) is 9.75. The molecule has 0 radical (unpaired) electrons. The molecule has 2 aliphatic heterocycles. The number of phenolic OH excluding ortho intramolecular Hbond substituents is 1. The van der Waals surface area contributed by atoms with Crippen LogP contribution in [0.3, 0.4) is 0 Å². The van der Waals surface area contributed by atoms with Gasteiger partial charge in [0.25, 0.3) is 0 Å². The van der Waals surface area contributed by atoms with E-state index >= 15 is 0 Å². The smallest absolute Gasteiger partial charge is 0.155 e. The molecule has 30 heavy (non-hydrogen) atoms. The van der Waals surface area contributed by atoms with Gasteiger partial charge in [-0.1, -0.05) is 18.9 Å². The van der Waals surface area contributed by atoms with E-state index in [4.69, 9.17) is 4.74 Å². The van der Waals surface area contributed by atoms with E-state index in [1.807, 2.05) is 6.07 Å². The van der Waals surface area contributed by atoms with E-state index in [1.165, 1.54) is 5.56 Å². The van der Waals surface area contributed by atoms with Crippen LogP contribution in [0.2, 0.25) is 0 Å². The minimum atomic E-state index is -0.350. The number of phenols is 1. The Morgan fingerprint density at radius 1 is 0.967 bits per heavy atom. The minimum Gasteiger partial charge on any atom is -0.507 e. The average molecular weight is 408 g/mol. The lowest BCUT2D eigenvalue weighted by Gasteiger charge is -2.32. The first-order chi connectivity index (χ1) is 14.7. The zero-order valence-corrected chi connectivity index (χ0v) is 17.2. The minimum absolute atomic E-state index is 0.00974. The van der Waals surface area contributed by atoms with Crippen LogP contribution in [0.25, 0.3) is 11.3 Å². The summed E-state index contributed by atoms with van der Waals surface area (Å²) < 4.78 is 6.24. The number of rotatable bonds is 3. The van der Waals surface area contributed by atoms with Crippen LogP contribution in [0, 0.1) is 0 Å². The second-order valence-electron chi connectivity index (χ2n) is 9.37. The summed E-state index contributed by atoms with van der Waals surface area (Å²) in [5.41, 5.74) is 6.17. The number of fused-ring (bicyclic) bond motifs is 5. The molecule has 1 saturated carbocycles. The van der Waals surface area contributed by atoms with E-state index in [0.717, 1.165) is 98.0 Å². The average Bonchev–Trinajstić information content (AvgIpc) is 3.38. The Morgan fingerprint density at radius 2 is 1.87 bits per heavy atom. The molecule has 0 spiro atoms. The molecule has 2 aromatic rings. The number of ether oxygens (including phenoxy) is 1. The summed E-state index contributed by atoms with van der Waals surface area (Å²) in [5.74, 6) is 1.13. The van der Waals surface area contributed by atoms with Gasteiger partial charge in [0.15, 0.2) is 5.82 Å². The first-order valence-electron chi connectivity index (χ1n) is 11.5. The fourth-order valence-electron chi connectivity index (χ4n) is 5.95. The number of benzene rings is 1. The zero-order valence-electron chi connectivity index (χ0n) is 17.2. The predicted molar refractivity (Wildman–Crippen MR) is 114 cm³/mol. The Balaban J connectivity index is 1.45. The summed E-state index contributed by atoms with van der Waals surface area (Å²) in [6.45, 7) is 0. The van der Waals surface area contributed by atoms with Crippen molar-refractivity contribution in [2.24, 2.45) is 0 Å². The van der Waals surface area contributed by atoms with E-state index in [1.54, 1.807) is 0 Å². The molecule has 4 atom stereocenters. The van der Waals surface area contributed by atoms with Gasteiger partial charge in [-0.15, -0.1) is 10.2 Å². The van der Waals surface area contributed by atoms with Gasteiger partial charge in [0.1, 0.15) is 11.4 Å². The van der Waals surface area contributed by atoms with Gasteiger partial charge in [0.05, 0.1) is 24.4 Å². The number of hydrogen-bond acceptors (Lipinski definition) is 6. The molecule has 158 valence electrons. The Morgan fingerprint density at radius 3 is 2.77 bits per heavy atom. The van der Waals surface area contributed by atoms with Crippen LogP contribution < -0.4 is 5.32 Å². The fourth-order valence-corrected chi connectivity index (χ4v) is 5.95. The zero-order chi connectivity index (χ0) is 20.2. The molecular weight excluding hydrogens is 378 g/mol. The van der Waals surface area contributed by atoms with Crippen molar-refractivity contribution in [1.29, 1.82) is 0 Å². The summed E-state index contributed by atoms with van der Waals surface area (Å²) in [6, 6.07) is 4.17. The molecule has 3 N–H and O–H groups in total. The van der Waals surface area contributed by atoms with Crippen molar-refractivity contribution in [3.8, 4) is 17.0 Å². The number of hydrogen-bond donors (Lipinski definition) is 3. The summed E-state index contributed by atoms with van der Waals surface area (Å²) in [4.78, 5) is 0. The van der Waals surface area contributed by atoms with Crippen molar-refractivity contribution < 1.29 is 14.9 Å². The number of aliphatic hydroxyl groups is 1. The molecule has 2 fully saturated rings. The molecule has 1 saturated heterocycles. The first kappa shape index (κ1) is 18.6. The molecule has 0 amide bonds. The highest BCUT2D eigenvalue weighted by molar-refractivity contribution is 5.75. The summed E-state index contributed by atoms with van der Waals surface area (Å²) in [5, 5.41) is 34.2. The van der Waals surface area contributed by atoms with Crippen LogP contribution in [-0.2, 0) is 24.0 Å². The van der Waals surface area contributed by atoms with Crippen LogP contribution in [-0.4, -0.2) is 38.7 Å². The third kappa shape index (κ3) is 2.92. The lowest BCUT2D eigenvalue weighted by atomic mass is 9.90. The van der Waals surface area contributed by atoms with Gasteiger partial charge < -0.3 is 20.3 Å². The van der Waals surface area contributed by atoms with Crippen molar-refractivity contribution >= 4 is 5.82 Å². The molecule has 3 heterocycles. The van der Waals surface area contributed by atoms with E-state index in [0.29, 0.717) is 5.75 Å². The molecule has 4 aliphatic rings. The number of anilines is 1. The topological polar surface area (TPSA) is 87.5 Å². The largest absolute Gasteiger partial charge is 0.507 e. The Labute approximate surface area is 176 Å². The maximum atomic E-state index is 11.0. The monoisotopic (exact) mass is 407 g/mol. The SMILES string of the molecule is Oc1c(-c2nnc(N[C@@H]3CCCC[C@H]3O)c3c2C[C@H]2CC[C@@H]3O2)ccc2c1CCC2. The molecule has 2 aliphatic carbocycles.